The van der Waals surface area contributed by atoms with E-state index in [-0.39, 0.29) is 17.9 Å². The van der Waals surface area contributed by atoms with E-state index in [2.05, 4.69) is 26.8 Å². The van der Waals surface area contributed by atoms with E-state index in [1.165, 1.54) is 11.1 Å². The zero-order valence-corrected chi connectivity index (χ0v) is 15.1. The Morgan fingerprint density at radius 2 is 2.09 bits per heavy atom. The maximum absolute atomic E-state index is 12.0. The van der Waals surface area contributed by atoms with Gasteiger partial charge in [-0.1, -0.05) is 36.6 Å². The van der Waals surface area contributed by atoms with Crippen LogP contribution < -0.4 is 0 Å². The summed E-state index contributed by atoms with van der Waals surface area (Å²) in [4.78, 5) is 12.0. The van der Waals surface area contributed by atoms with Crippen molar-refractivity contribution in [2.75, 3.05) is 6.61 Å². The van der Waals surface area contributed by atoms with Gasteiger partial charge in [0.15, 0.2) is 0 Å². The molecule has 23 heavy (non-hydrogen) atoms. The molecular weight excluding hydrogens is 288 g/mol. The molecule has 0 saturated heterocycles. The second-order valence-corrected chi connectivity index (χ2v) is 8.14. The number of carboxylic acid groups (broad SMARTS) is 1. The second-order valence-electron chi connectivity index (χ2n) is 8.14. The Balaban J connectivity index is 2.28. The van der Waals surface area contributed by atoms with Crippen molar-refractivity contribution < 1.29 is 15.0 Å². The van der Waals surface area contributed by atoms with Gasteiger partial charge in [-0.2, -0.15) is 0 Å². The van der Waals surface area contributed by atoms with Crippen molar-refractivity contribution in [1.29, 1.82) is 0 Å². The molecule has 0 aliphatic heterocycles. The molecule has 130 valence electrons. The van der Waals surface area contributed by atoms with Crippen LogP contribution in [0.4, 0.5) is 0 Å². The number of hydrogen-bond donors (Lipinski definition) is 2. The van der Waals surface area contributed by atoms with Gasteiger partial charge in [-0.05, 0) is 70.1 Å². The van der Waals surface area contributed by atoms with Crippen LogP contribution in [0.25, 0.3) is 0 Å². The summed E-state index contributed by atoms with van der Waals surface area (Å²) in [5, 5.41) is 18.9. The monoisotopic (exact) mass is 320 g/mol. The Kier molecular flexibility index (Phi) is 5.40. The minimum absolute atomic E-state index is 0.0731. The maximum atomic E-state index is 12.0. The minimum Gasteiger partial charge on any atom is -0.481 e. The Morgan fingerprint density at radius 3 is 2.70 bits per heavy atom. The van der Waals surface area contributed by atoms with Crippen molar-refractivity contribution >= 4 is 5.97 Å². The van der Waals surface area contributed by atoms with Crippen molar-refractivity contribution in [1.82, 2.24) is 0 Å². The van der Waals surface area contributed by atoms with Gasteiger partial charge in [0.05, 0.1) is 12.0 Å². The van der Waals surface area contributed by atoms with Crippen LogP contribution in [0.15, 0.2) is 23.3 Å². The third-order valence-electron chi connectivity index (χ3n) is 6.75. The molecule has 2 aliphatic carbocycles. The van der Waals surface area contributed by atoms with Gasteiger partial charge in [-0.25, -0.2) is 0 Å². The third-order valence-corrected chi connectivity index (χ3v) is 6.75. The molecule has 2 rings (SSSR count). The molecule has 0 aromatic carbocycles. The summed E-state index contributed by atoms with van der Waals surface area (Å²) >= 11 is 0. The Morgan fingerprint density at radius 1 is 1.39 bits per heavy atom. The van der Waals surface area contributed by atoms with Crippen LogP contribution in [0.2, 0.25) is 0 Å². The van der Waals surface area contributed by atoms with E-state index in [4.69, 9.17) is 5.11 Å². The van der Waals surface area contributed by atoms with Crippen LogP contribution in [0.3, 0.4) is 0 Å². The maximum Gasteiger partial charge on any atom is 0.309 e. The summed E-state index contributed by atoms with van der Waals surface area (Å²) in [5.74, 6) is 0.0378. The number of allylic oxidation sites excluding steroid dienone is 3. The van der Waals surface area contributed by atoms with Crippen LogP contribution in [0.1, 0.15) is 66.2 Å². The molecular formula is C20H32O3. The van der Waals surface area contributed by atoms with Crippen molar-refractivity contribution in [2.45, 2.75) is 66.2 Å². The summed E-state index contributed by atoms with van der Waals surface area (Å²) in [7, 11) is 0. The predicted octanol–water partition coefficient (Wildman–Crippen LogP) is 4.57. The number of carbonyl (C=O) groups is 1. The molecule has 3 nitrogen and oxygen atoms in total. The van der Waals surface area contributed by atoms with Crippen molar-refractivity contribution in [2.24, 2.45) is 22.7 Å². The normalized spacial score (nSPS) is 38.0. The van der Waals surface area contributed by atoms with E-state index in [1.54, 1.807) is 0 Å². The summed E-state index contributed by atoms with van der Waals surface area (Å²) in [6, 6.07) is 0. The van der Waals surface area contributed by atoms with Gasteiger partial charge in [0.2, 0.25) is 0 Å². The van der Waals surface area contributed by atoms with Crippen LogP contribution in [-0.4, -0.2) is 22.8 Å². The van der Waals surface area contributed by atoms with Crippen molar-refractivity contribution in [3.63, 3.8) is 0 Å². The zero-order valence-electron chi connectivity index (χ0n) is 15.1. The molecule has 0 radical (unpaired) electrons. The number of hydrogen-bond acceptors (Lipinski definition) is 2. The van der Waals surface area contributed by atoms with Gasteiger partial charge in [-0.3, -0.25) is 4.79 Å². The van der Waals surface area contributed by atoms with E-state index in [0.29, 0.717) is 5.92 Å². The standard InChI is InChI=1S/C20H32O3/c1-14(10-13-21)6-8-16-15(2)7-9-17-19(16,3)11-5-12-20(17,4)18(22)23/h7,10,16-17,21H,5-6,8-9,11-13H2,1-4H3,(H,22,23)/b14-10+/t16-,17+,19+,20-/m0/s1. The first-order valence-corrected chi connectivity index (χ1v) is 8.92. The van der Waals surface area contributed by atoms with E-state index in [0.717, 1.165) is 38.5 Å². The molecule has 0 heterocycles. The van der Waals surface area contributed by atoms with Crippen LogP contribution in [0, 0.1) is 22.7 Å². The van der Waals surface area contributed by atoms with E-state index < -0.39 is 11.4 Å². The number of rotatable bonds is 5. The molecule has 3 heteroatoms. The highest BCUT2D eigenvalue weighted by Crippen LogP contribution is 2.60. The largest absolute Gasteiger partial charge is 0.481 e. The van der Waals surface area contributed by atoms with E-state index >= 15 is 0 Å². The summed E-state index contributed by atoms with van der Waals surface area (Å²) in [6.45, 7) is 8.66. The lowest BCUT2D eigenvalue weighted by Gasteiger charge is -2.56. The van der Waals surface area contributed by atoms with E-state index in [9.17, 15) is 9.90 Å². The van der Waals surface area contributed by atoms with Crippen molar-refractivity contribution in [3.8, 4) is 0 Å². The summed E-state index contributed by atoms with van der Waals surface area (Å²) in [5.41, 5.74) is 2.13. The zero-order chi connectivity index (χ0) is 17.3. The van der Waals surface area contributed by atoms with Crippen molar-refractivity contribution in [3.05, 3.63) is 23.3 Å². The van der Waals surface area contributed by atoms with Crippen LogP contribution in [0.5, 0.6) is 0 Å². The first-order valence-electron chi connectivity index (χ1n) is 8.92. The first-order chi connectivity index (χ1) is 10.8. The Labute approximate surface area is 140 Å². The van der Waals surface area contributed by atoms with Gasteiger partial charge in [-0.15, -0.1) is 0 Å². The molecule has 2 aliphatic rings. The average molecular weight is 320 g/mol. The minimum atomic E-state index is -0.628. The predicted molar refractivity (Wildman–Crippen MR) is 93.1 cm³/mol. The molecule has 0 aromatic rings. The van der Waals surface area contributed by atoms with E-state index in [1.807, 2.05) is 13.0 Å². The lowest BCUT2D eigenvalue weighted by Crippen LogP contribution is -2.52. The van der Waals surface area contributed by atoms with Gasteiger partial charge < -0.3 is 10.2 Å². The fraction of sp³-hybridized carbons (Fsp3) is 0.750. The first kappa shape index (κ1) is 18.3. The highest BCUT2D eigenvalue weighted by molar-refractivity contribution is 5.75. The Bertz CT molecular complexity index is 519. The molecule has 0 unspecified atom stereocenters. The molecule has 4 atom stereocenters. The summed E-state index contributed by atoms with van der Waals surface area (Å²) in [6.07, 6.45) is 10.0. The number of fused-ring (bicyclic) bond motifs is 1. The lowest BCUT2D eigenvalue weighted by atomic mass is 9.47. The molecule has 0 aromatic heterocycles. The third kappa shape index (κ3) is 3.26. The smallest absolute Gasteiger partial charge is 0.309 e. The topological polar surface area (TPSA) is 57.5 Å². The average Bonchev–Trinajstić information content (AvgIpc) is 2.46. The number of aliphatic hydroxyl groups is 1. The van der Waals surface area contributed by atoms with Gasteiger partial charge in [0.25, 0.3) is 0 Å². The molecule has 2 N–H and O–H groups in total. The molecule has 0 bridgehead atoms. The van der Waals surface area contributed by atoms with Crippen LogP contribution in [-0.2, 0) is 4.79 Å². The fourth-order valence-electron chi connectivity index (χ4n) is 5.27. The quantitative estimate of drug-likeness (QED) is 0.730. The molecule has 0 spiro atoms. The van der Waals surface area contributed by atoms with Gasteiger partial charge >= 0.3 is 5.97 Å². The number of aliphatic carboxylic acids is 1. The molecule has 1 saturated carbocycles. The SMILES string of the molecule is CC1=CC[C@@H]2[C@](C)(CCC[C@]2(C)C(=O)O)[C@H]1CC/C(C)=C/CO. The van der Waals surface area contributed by atoms with Gasteiger partial charge in [0.1, 0.15) is 0 Å². The molecule has 1 fully saturated rings. The fourth-order valence-corrected chi connectivity index (χ4v) is 5.27. The number of carboxylic acids is 1. The summed E-state index contributed by atoms with van der Waals surface area (Å²) < 4.78 is 0. The van der Waals surface area contributed by atoms with Gasteiger partial charge in [0, 0.05) is 0 Å². The lowest BCUT2D eigenvalue weighted by molar-refractivity contribution is -0.162. The highest BCUT2D eigenvalue weighted by Gasteiger charge is 2.56. The molecule has 0 amide bonds. The second kappa shape index (κ2) is 6.80. The number of aliphatic hydroxyl groups excluding tert-OH is 1. The highest BCUT2D eigenvalue weighted by atomic mass is 16.4. The van der Waals surface area contributed by atoms with Crippen LogP contribution >= 0.6 is 0 Å². The Hall–Kier alpha value is -1.09.